The van der Waals surface area contributed by atoms with Crippen molar-refractivity contribution in [3.63, 3.8) is 0 Å². The van der Waals surface area contributed by atoms with Gasteiger partial charge in [0.05, 0.1) is 0 Å². The SMILES string of the molecule is C=CC(OC(C)S(=O)(=O)O)c1ccccc1O. The third kappa shape index (κ3) is 3.55. The first-order valence-electron chi connectivity index (χ1n) is 4.88. The Bertz CT molecular complexity index is 494. The largest absolute Gasteiger partial charge is 0.508 e. The minimum absolute atomic E-state index is 0.0278. The molecule has 0 saturated carbocycles. The number of benzene rings is 1. The van der Waals surface area contributed by atoms with Crippen molar-refractivity contribution >= 4 is 10.1 Å². The molecule has 2 unspecified atom stereocenters. The maximum absolute atomic E-state index is 10.8. The molecule has 0 fully saturated rings. The van der Waals surface area contributed by atoms with E-state index in [0.29, 0.717) is 5.56 Å². The van der Waals surface area contributed by atoms with Crippen molar-refractivity contribution < 1.29 is 22.8 Å². The monoisotopic (exact) mass is 258 g/mol. The lowest BCUT2D eigenvalue weighted by Gasteiger charge is -2.18. The highest BCUT2D eigenvalue weighted by molar-refractivity contribution is 7.86. The Morgan fingerprint density at radius 1 is 1.41 bits per heavy atom. The van der Waals surface area contributed by atoms with Gasteiger partial charge in [0.25, 0.3) is 10.1 Å². The van der Waals surface area contributed by atoms with Crippen LogP contribution < -0.4 is 0 Å². The standard InChI is InChI=1S/C11H14O5S/c1-3-11(16-8(2)17(13,14)15)9-6-4-5-7-10(9)12/h3-8,11-12H,1H2,2H3,(H,13,14,15). The third-order valence-corrected chi connectivity index (χ3v) is 3.17. The third-order valence-electron chi connectivity index (χ3n) is 2.22. The second-order valence-corrected chi connectivity index (χ2v) is 5.13. The molecule has 0 aliphatic rings. The van der Waals surface area contributed by atoms with E-state index in [1.807, 2.05) is 0 Å². The van der Waals surface area contributed by atoms with E-state index in [1.165, 1.54) is 19.1 Å². The first-order chi connectivity index (χ1) is 7.86. The summed E-state index contributed by atoms with van der Waals surface area (Å²) < 4.78 is 35.6. The van der Waals surface area contributed by atoms with Gasteiger partial charge >= 0.3 is 0 Å². The van der Waals surface area contributed by atoms with Gasteiger partial charge < -0.3 is 9.84 Å². The van der Waals surface area contributed by atoms with Crippen LogP contribution in [-0.4, -0.2) is 23.5 Å². The van der Waals surface area contributed by atoms with Crippen LogP contribution in [0.2, 0.25) is 0 Å². The highest BCUT2D eigenvalue weighted by Gasteiger charge is 2.23. The van der Waals surface area contributed by atoms with Gasteiger partial charge in [-0.3, -0.25) is 4.55 Å². The van der Waals surface area contributed by atoms with Gasteiger partial charge in [0, 0.05) is 5.56 Å². The zero-order valence-corrected chi connectivity index (χ0v) is 10.1. The molecule has 0 radical (unpaired) electrons. The first-order valence-corrected chi connectivity index (χ1v) is 6.38. The molecule has 0 bridgehead atoms. The average Bonchev–Trinajstić information content (AvgIpc) is 2.25. The number of phenols is 1. The molecule has 1 rings (SSSR count). The minimum Gasteiger partial charge on any atom is -0.508 e. The van der Waals surface area contributed by atoms with Crippen LogP contribution in [0.3, 0.4) is 0 Å². The molecule has 2 atom stereocenters. The van der Waals surface area contributed by atoms with Crippen LogP contribution in [0.4, 0.5) is 0 Å². The Kier molecular flexibility index (Phi) is 4.28. The smallest absolute Gasteiger partial charge is 0.292 e. The van der Waals surface area contributed by atoms with Gasteiger partial charge in [-0.2, -0.15) is 8.42 Å². The fourth-order valence-electron chi connectivity index (χ4n) is 1.26. The minimum atomic E-state index is -4.28. The number of para-hydroxylation sites is 1. The molecule has 0 aliphatic carbocycles. The van der Waals surface area contributed by atoms with Gasteiger partial charge in [-0.1, -0.05) is 24.3 Å². The number of rotatable bonds is 5. The molecule has 0 spiro atoms. The van der Waals surface area contributed by atoms with Gasteiger partial charge in [-0.15, -0.1) is 6.58 Å². The van der Waals surface area contributed by atoms with E-state index >= 15 is 0 Å². The predicted octanol–water partition coefficient (Wildman–Crippen LogP) is 1.87. The number of ether oxygens (including phenoxy) is 1. The van der Waals surface area contributed by atoms with Crippen LogP contribution in [0.1, 0.15) is 18.6 Å². The summed E-state index contributed by atoms with van der Waals surface area (Å²) in [4.78, 5) is 0. The van der Waals surface area contributed by atoms with E-state index in [2.05, 4.69) is 6.58 Å². The summed E-state index contributed by atoms with van der Waals surface area (Å²) in [5, 5.41) is 9.59. The van der Waals surface area contributed by atoms with Crippen LogP contribution >= 0.6 is 0 Å². The first kappa shape index (κ1) is 13.7. The lowest BCUT2D eigenvalue weighted by molar-refractivity contribution is 0.0629. The Morgan fingerprint density at radius 3 is 2.47 bits per heavy atom. The van der Waals surface area contributed by atoms with Gasteiger partial charge in [-0.25, -0.2) is 0 Å². The van der Waals surface area contributed by atoms with Crippen LogP contribution in [0.25, 0.3) is 0 Å². The normalized spacial score (nSPS) is 15.2. The average molecular weight is 258 g/mol. The van der Waals surface area contributed by atoms with Gasteiger partial charge in [0.2, 0.25) is 0 Å². The molecule has 2 N–H and O–H groups in total. The second-order valence-electron chi connectivity index (χ2n) is 3.43. The molecule has 94 valence electrons. The highest BCUT2D eigenvalue weighted by Crippen LogP contribution is 2.28. The van der Waals surface area contributed by atoms with E-state index < -0.39 is 21.7 Å². The van der Waals surface area contributed by atoms with Crippen molar-refractivity contribution in [2.75, 3.05) is 0 Å². The summed E-state index contributed by atoms with van der Waals surface area (Å²) in [6, 6.07) is 6.34. The summed E-state index contributed by atoms with van der Waals surface area (Å²) in [5.74, 6) is -0.0278. The molecule has 1 aromatic carbocycles. The molecule has 17 heavy (non-hydrogen) atoms. The molecular weight excluding hydrogens is 244 g/mol. The quantitative estimate of drug-likeness (QED) is 0.622. The van der Waals surface area contributed by atoms with Crippen LogP contribution in [0.5, 0.6) is 5.75 Å². The lowest BCUT2D eigenvalue weighted by Crippen LogP contribution is -2.22. The molecule has 0 aromatic heterocycles. The Labute approximate surface area is 100 Å². The number of aromatic hydroxyl groups is 1. The lowest BCUT2D eigenvalue weighted by atomic mass is 10.1. The number of hydrogen-bond acceptors (Lipinski definition) is 4. The zero-order valence-electron chi connectivity index (χ0n) is 9.28. The summed E-state index contributed by atoms with van der Waals surface area (Å²) in [6.07, 6.45) is 0.532. The van der Waals surface area contributed by atoms with Crippen molar-refractivity contribution in [2.24, 2.45) is 0 Å². The fraction of sp³-hybridized carbons (Fsp3) is 0.273. The number of phenolic OH excluding ortho intramolecular Hbond substituents is 1. The van der Waals surface area contributed by atoms with Crippen LogP contribution in [0, 0.1) is 0 Å². The summed E-state index contributed by atoms with van der Waals surface area (Å²) in [6.45, 7) is 4.70. The Morgan fingerprint density at radius 2 is 2.00 bits per heavy atom. The van der Waals surface area contributed by atoms with Crippen LogP contribution in [0.15, 0.2) is 36.9 Å². The Balaban J connectivity index is 2.95. The van der Waals surface area contributed by atoms with E-state index in [-0.39, 0.29) is 5.75 Å². The van der Waals surface area contributed by atoms with E-state index in [1.54, 1.807) is 18.2 Å². The van der Waals surface area contributed by atoms with Crippen LogP contribution in [-0.2, 0) is 14.9 Å². The van der Waals surface area contributed by atoms with Crippen molar-refractivity contribution in [3.8, 4) is 5.75 Å². The van der Waals surface area contributed by atoms with E-state index in [0.717, 1.165) is 0 Å². The Hall–Kier alpha value is -1.37. The number of hydrogen-bond donors (Lipinski definition) is 2. The molecule has 0 amide bonds. The summed E-state index contributed by atoms with van der Waals surface area (Å²) in [5.41, 5.74) is -1.01. The van der Waals surface area contributed by atoms with Crippen molar-refractivity contribution in [3.05, 3.63) is 42.5 Å². The van der Waals surface area contributed by atoms with Gasteiger partial charge in [0.1, 0.15) is 11.9 Å². The van der Waals surface area contributed by atoms with Crippen molar-refractivity contribution in [2.45, 2.75) is 18.5 Å². The van der Waals surface area contributed by atoms with E-state index in [4.69, 9.17) is 9.29 Å². The second kappa shape index (κ2) is 5.31. The molecule has 0 saturated heterocycles. The molecule has 1 aromatic rings. The van der Waals surface area contributed by atoms with Crippen molar-refractivity contribution in [1.82, 2.24) is 0 Å². The molecule has 5 nitrogen and oxygen atoms in total. The maximum Gasteiger partial charge on any atom is 0.292 e. The summed E-state index contributed by atoms with van der Waals surface area (Å²) in [7, 11) is -4.28. The molecule has 0 aliphatic heterocycles. The predicted molar refractivity (Wildman–Crippen MR) is 63.1 cm³/mol. The van der Waals surface area contributed by atoms with Gasteiger partial charge in [-0.05, 0) is 13.0 Å². The molecule has 6 heteroatoms. The van der Waals surface area contributed by atoms with Crippen molar-refractivity contribution in [1.29, 1.82) is 0 Å². The highest BCUT2D eigenvalue weighted by atomic mass is 32.2. The maximum atomic E-state index is 10.8. The fourth-order valence-corrected chi connectivity index (χ4v) is 1.52. The topological polar surface area (TPSA) is 83.8 Å². The molecule has 0 heterocycles. The zero-order chi connectivity index (χ0) is 13.1. The summed E-state index contributed by atoms with van der Waals surface area (Å²) >= 11 is 0. The van der Waals surface area contributed by atoms with Gasteiger partial charge in [0.15, 0.2) is 5.44 Å². The molecular formula is C11H14O5S. The van der Waals surface area contributed by atoms with E-state index in [9.17, 15) is 13.5 Å².